The van der Waals surface area contributed by atoms with Crippen LogP contribution in [0.4, 0.5) is 0 Å². The van der Waals surface area contributed by atoms with Crippen LogP contribution in [0.3, 0.4) is 0 Å². The molecule has 2 N–H and O–H groups in total. The molecule has 2 aromatic carbocycles. The summed E-state index contributed by atoms with van der Waals surface area (Å²) in [4.78, 5) is 17.2. The summed E-state index contributed by atoms with van der Waals surface area (Å²) in [7, 11) is 0. The molecule has 1 aliphatic rings. The van der Waals surface area contributed by atoms with Crippen LogP contribution in [0, 0.1) is 0 Å². The van der Waals surface area contributed by atoms with Crippen molar-refractivity contribution in [3.63, 3.8) is 0 Å². The number of carboxylic acid groups (broad SMARTS) is 1. The minimum atomic E-state index is -0.838. The summed E-state index contributed by atoms with van der Waals surface area (Å²) in [6.45, 7) is 1.36. The molecular formula is C19H17ClN2O2. The van der Waals surface area contributed by atoms with Crippen molar-refractivity contribution in [2.24, 2.45) is 0 Å². The lowest BCUT2D eigenvalue weighted by atomic mass is 9.96. The van der Waals surface area contributed by atoms with Gasteiger partial charge in [0.25, 0.3) is 0 Å². The van der Waals surface area contributed by atoms with Crippen molar-refractivity contribution in [2.75, 3.05) is 6.54 Å². The van der Waals surface area contributed by atoms with E-state index in [9.17, 15) is 9.90 Å². The van der Waals surface area contributed by atoms with Crippen molar-refractivity contribution in [2.45, 2.75) is 19.0 Å². The fraction of sp³-hybridized carbons (Fsp3) is 0.211. The highest BCUT2D eigenvalue weighted by Crippen LogP contribution is 2.33. The summed E-state index contributed by atoms with van der Waals surface area (Å²) in [6, 6.07) is 13.1. The Bertz CT molecular complexity index is 919. The molecule has 24 heavy (non-hydrogen) atoms. The van der Waals surface area contributed by atoms with Gasteiger partial charge < -0.3 is 10.1 Å². The normalized spacial score (nSPS) is 16.0. The van der Waals surface area contributed by atoms with Crippen molar-refractivity contribution >= 4 is 28.5 Å². The largest absolute Gasteiger partial charge is 0.480 e. The monoisotopic (exact) mass is 340 g/mol. The van der Waals surface area contributed by atoms with Gasteiger partial charge in [0.05, 0.1) is 0 Å². The van der Waals surface area contributed by atoms with Crippen molar-refractivity contribution in [3.8, 4) is 0 Å². The van der Waals surface area contributed by atoms with E-state index in [1.54, 1.807) is 12.3 Å². The Morgan fingerprint density at radius 3 is 2.79 bits per heavy atom. The molecule has 4 rings (SSSR count). The van der Waals surface area contributed by atoms with Gasteiger partial charge in [-0.2, -0.15) is 0 Å². The number of aliphatic carboxylic acids is 1. The molecule has 0 unspecified atom stereocenters. The van der Waals surface area contributed by atoms with Gasteiger partial charge in [0.1, 0.15) is 6.04 Å². The van der Waals surface area contributed by atoms with E-state index in [1.807, 2.05) is 29.2 Å². The molecule has 0 bridgehead atoms. The van der Waals surface area contributed by atoms with Crippen LogP contribution in [0.15, 0.2) is 48.7 Å². The van der Waals surface area contributed by atoms with Gasteiger partial charge in [0, 0.05) is 40.8 Å². The summed E-state index contributed by atoms with van der Waals surface area (Å²) in [6.07, 6.45) is 2.66. The molecule has 0 radical (unpaired) electrons. The van der Waals surface area contributed by atoms with E-state index in [-0.39, 0.29) is 0 Å². The molecule has 0 amide bonds. The summed E-state index contributed by atoms with van der Waals surface area (Å²) in [5.74, 6) is -0.838. The van der Waals surface area contributed by atoms with E-state index in [0.717, 1.165) is 29.4 Å². The van der Waals surface area contributed by atoms with E-state index in [1.165, 1.54) is 11.1 Å². The Morgan fingerprint density at radius 1 is 1.21 bits per heavy atom. The molecule has 5 heteroatoms. The van der Waals surface area contributed by atoms with Crippen LogP contribution in [0.25, 0.3) is 10.9 Å². The number of nitrogens with one attached hydrogen (secondary N) is 1. The maximum Gasteiger partial charge on any atom is 0.325 e. The second kappa shape index (κ2) is 5.96. The Morgan fingerprint density at radius 2 is 2.00 bits per heavy atom. The van der Waals surface area contributed by atoms with Crippen LogP contribution < -0.4 is 0 Å². The third-order valence-corrected chi connectivity index (χ3v) is 4.96. The molecule has 0 saturated heterocycles. The molecule has 1 aliphatic heterocycles. The number of aromatic amines is 1. The van der Waals surface area contributed by atoms with Gasteiger partial charge in [-0.15, -0.1) is 0 Å². The number of carboxylic acids is 1. The topological polar surface area (TPSA) is 56.3 Å². The number of fused-ring (bicyclic) bond motifs is 2. The predicted molar refractivity (Wildman–Crippen MR) is 94.2 cm³/mol. The molecule has 1 atom stereocenters. The lowest BCUT2D eigenvalue weighted by Gasteiger charge is -2.33. The number of carbonyl (C=O) groups is 1. The molecule has 0 spiro atoms. The molecule has 1 aromatic heterocycles. The third kappa shape index (κ3) is 2.58. The van der Waals surface area contributed by atoms with Crippen LogP contribution in [0.1, 0.15) is 22.7 Å². The standard InChI is InChI=1S/C19H17ClN2O2/c20-14-5-6-17-15(9-14)16(10-21-17)18(19(23)24)22-8-7-12-3-1-2-4-13(12)11-22/h1-6,9-10,18,21H,7-8,11H2,(H,23,24)/t18-/m0/s1. The number of aromatic nitrogens is 1. The van der Waals surface area contributed by atoms with Crippen molar-refractivity contribution in [1.82, 2.24) is 9.88 Å². The first-order valence-electron chi connectivity index (χ1n) is 7.93. The molecule has 122 valence electrons. The van der Waals surface area contributed by atoms with Crippen LogP contribution in [-0.2, 0) is 17.8 Å². The number of nitrogens with zero attached hydrogens (tertiary/aromatic N) is 1. The van der Waals surface area contributed by atoms with E-state index in [4.69, 9.17) is 11.6 Å². The van der Waals surface area contributed by atoms with E-state index >= 15 is 0 Å². The molecule has 4 nitrogen and oxygen atoms in total. The van der Waals surface area contributed by atoms with Crippen molar-refractivity contribution in [3.05, 3.63) is 70.4 Å². The number of benzene rings is 2. The van der Waals surface area contributed by atoms with E-state index < -0.39 is 12.0 Å². The molecule has 0 aliphatic carbocycles. The van der Waals surface area contributed by atoms with Gasteiger partial charge in [-0.1, -0.05) is 35.9 Å². The predicted octanol–water partition coefficient (Wildman–Crippen LogP) is 4.01. The average Bonchev–Trinajstić information content (AvgIpc) is 2.97. The zero-order valence-electron chi connectivity index (χ0n) is 13.0. The highest BCUT2D eigenvalue weighted by Gasteiger charge is 2.31. The number of halogens is 1. The molecule has 3 aromatic rings. The number of hydrogen-bond donors (Lipinski definition) is 2. The zero-order valence-corrected chi connectivity index (χ0v) is 13.8. The van der Waals surface area contributed by atoms with Crippen molar-refractivity contribution in [1.29, 1.82) is 0 Å². The van der Waals surface area contributed by atoms with Crippen LogP contribution in [0.5, 0.6) is 0 Å². The second-order valence-electron chi connectivity index (χ2n) is 6.16. The van der Waals surface area contributed by atoms with E-state index in [2.05, 4.69) is 17.1 Å². The van der Waals surface area contributed by atoms with Gasteiger partial charge >= 0.3 is 5.97 Å². The number of hydrogen-bond acceptors (Lipinski definition) is 2. The van der Waals surface area contributed by atoms with Crippen LogP contribution in [-0.4, -0.2) is 27.5 Å². The highest BCUT2D eigenvalue weighted by molar-refractivity contribution is 6.31. The minimum Gasteiger partial charge on any atom is -0.480 e. The van der Waals surface area contributed by atoms with Crippen LogP contribution in [0.2, 0.25) is 5.02 Å². The fourth-order valence-electron chi connectivity index (χ4n) is 3.56. The first-order valence-corrected chi connectivity index (χ1v) is 8.31. The van der Waals surface area contributed by atoms with Gasteiger partial charge in [-0.3, -0.25) is 9.69 Å². The molecule has 0 fully saturated rings. The quantitative estimate of drug-likeness (QED) is 0.757. The van der Waals surface area contributed by atoms with Gasteiger partial charge in [0.2, 0.25) is 0 Å². The first kappa shape index (κ1) is 15.2. The van der Waals surface area contributed by atoms with Crippen molar-refractivity contribution < 1.29 is 9.90 Å². The number of H-pyrrole nitrogens is 1. The third-order valence-electron chi connectivity index (χ3n) is 4.73. The second-order valence-corrected chi connectivity index (χ2v) is 6.60. The Kier molecular flexibility index (Phi) is 3.79. The Hall–Kier alpha value is -2.30. The summed E-state index contributed by atoms with van der Waals surface area (Å²) in [5, 5.41) is 11.4. The molecule has 2 heterocycles. The lowest BCUT2D eigenvalue weighted by Crippen LogP contribution is -2.38. The summed E-state index contributed by atoms with van der Waals surface area (Å²) >= 11 is 6.11. The Balaban J connectivity index is 1.75. The minimum absolute atomic E-state index is 0.608. The smallest absolute Gasteiger partial charge is 0.325 e. The zero-order chi connectivity index (χ0) is 16.7. The lowest BCUT2D eigenvalue weighted by molar-refractivity contribution is -0.144. The van der Waals surface area contributed by atoms with Gasteiger partial charge in [0.15, 0.2) is 0 Å². The van der Waals surface area contributed by atoms with Crippen LogP contribution >= 0.6 is 11.6 Å². The van der Waals surface area contributed by atoms with Gasteiger partial charge in [-0.25, -0.2) is 0 Å². The first-order chi connectivity index (χ1) is 11.6. The summed E-state index contributed by atoms with van der Waals surface area (Å²) in [5.41, 5.74) is 4.17. The fourth-order valence-corrected chi connectivity index (χ4v) is 3.74. The maximum absolute atomic E-state index is 12.0. The van der Waals surface area contributed by atoms with E-state index in [0.29, 0.717) is 11.6 Å². The Labute approximate surface area is 144 Å². The maximum atomic E-state index is 12.0. The SMILES string of the molecule is O=C(O)[C@H](c1c[nH]c2ccc(Cl)cc12)N1CCc2ccccc2C1. The summed E-state index contributed by atoms with van der Waals surface area (Å²) < 4.78 is 0. The van der Waals surface area contributed by atoms with Gasteiger partial charge in [-0.05, 0) is 35.7 Å². The number of rotatable bonds is 3. The molecule has 0 saturated carbocycles. The average molecular weight is 341 g/mol. The highest BCUT2D eigenvalue weighted by atomic mass is 35.5. The molecular weight excluding hydrogens is 324 g/mol.